The van der Waals surface area contributed by atoms with Crippen LogP contribution in [0.5, 0.6) is 11.5 Å². The third-order valence-corrected chi connectivity index (χ3v) is 2.73. The van der Waals surface area contributed by atoms with Gasteiger partial charge in [0, 0.05) is 59.1 Å². The number of rotatable bonds is 11. The van der Waals surface area contributed by atoms with E-state index in [9.17, 15) is 0 Å². The zero-order valence-corrected chi connectivity index (χ0v) is 12.6. The van der Waals surface area contributed by atoms with Gasteiger partial charge in [-0.1, -0.05) is 0 Å². The fraction of sp³-hybridized carbons (Fsp3) is 0.600. The van der Waals surface area contributed by atoms with Gasteiger partial charge in [-0.15, -0.1) is 0 Å². The van der Waals surface area contributed by atoms with Gasteiger partial charge in [-0.25, -0.2) is 0 Å². The summed E-state index contributed by atoms with van der Waals surface area (Å²) >= 11 is 0. The van der Waals surface area contributed by atoms with E-state index in [4.69, 9.17) is 18.9 Å². The van der Waals surface area contributed by atoms with E-state index < -0.39 is 0 Å². The molecule has 0 spiro atoms. The molecule has 1 N–H and O–H groups in total. The number of hydrogen-bond acceptors (Lipinski definition) is 5. The normalized spacial score (nSPS) is 10.3. The first-order chi connectivity index (χ1) is 9.81. The molecule has 1 aromatic rings. The van der Waals surface area contributed by atoms with Gasteiger partial charge < -0.3 is 24.3 Å². The molecule has 0 heterocycles. The third-order valence-electron chi connectivity index (χ3n) is 2.73. The smallest absolute Gasteiger partial charge is 0.163 e. The van der Waals surface area contributed by atoms with Crippen LogP contribution in [0, 0.1) is 0 Å². The first kappa shape index (κ1) is 16.6. The van der Waals surface area contributed by atoms with Crippen LogP contribution in [0.15, 0.2) is 18.2 Å². The summed E-state index contributed by atoms with van der Waals surface area (Å²) in [6.45, 7) is 2.60. The van der Waals surface area contributed by atoms with Crippen molar-refractivity contribution in [2.75, 3.05) is 53.0 Å². The molecule has 0 saturated carbocycles. The van der Waals surface area contributed by atoms with E-state index in [1.807, 2.05) is 25.2 Å². The summed E-state index contributed by atoms with van der Waals surface area (Å²) < 4.78 is 21.5. The van der Waals surface area contributed by atoms with Gasteiger partial charge >= 0.3 is 0 Å². The molecular weight excluding hydrogens is 258 g/mol. The molecule has 0 aliphatic rings. The van der Waals surface area contributed by atoms with Crippen LogP contribution in [0.1, 0.15) is 12.8 Å². The topological polar surface area (TPSA) is 49.0 Å². The summed E-state index contributed by atoms with van der Waals surface area (Å²) in [5.41, 5.74) is 0.996. The highest BCUT2D eigenvalue weighted by Crippen LogP contribution is 2.30. The Hall–Kier alpha value is -1.46. The van der Waals surface area contributed by atoms with E-state index in [0.717, 1.165) is 30.0 Å². The Morgan fingerprint density at radius 2 is 1.45 bits per heavy atom. The van der Waals surface area contributed by atoms with E-state index in [1.165, 1.54) is 0 Å². The molecule has 5 nitrogen and oxygen atoms in total. The lowest BCUT2D eigenvalue weighted by molar-refractivity contribution is 0.163. The molecule has 0 radical (unpaired) electrons. The number of methoxy groups -OCH3 is 2. The van der Waals surface area contributed by atoms with Crippen molar-refractivity contribution in [1.29, 1.82) is 0 Å². The average Bonchev–Trinajstić information content (AvgIpc) is 2.49. The van der Waals surface area contributed by atoms with Crippen molar-refractivity contribution in [2.45, 2.75) is 12.8 Å². The Morgan fingerprint density at radius 1 is 0.850 bits per heavy atom. The van der Waals surface area contributed by atoms with E-state index >= 15 is 0 Å². The SMILES string of the molecule is CNc1ccc(OCCCOC)c(OCCCOC)c1. The van der Waals surface area contributed by atoms with Crippen LogP contribution < -0.4 is 14.8 Å². The number of nitrogens with one attached hydrogen (secondary N) is 1. The fourth-order valence-corrected chi connectivity index (χ4v) is 1.67. The standard InChI is InChI=1S/C15H25NO4/c1-16-13-6-7-14(19-10-4-8-17-2)15(12-13)20-11-5-9-18-3/h6-7,12,16H,4-5,8-11H2,1-3H3. The maximum Gasteiger partial charge on any atom is 0.163 e. The van der Waals surface area contributed by atoms with E-state index in [2.05, 4.69) is 5.32 Å². The van der Waals surface area contributed by atoms with Crippen molar-refractivity contribution in [3.63, 3.8) is 0 Å². The van der Waals surface area contributed by atoms with Crippen LogP contribution in [0.2, 0.25) is 0 Å². The Labute approximate surface area is 121 Å². The molecule has 20 heavy (non-hydrogen) atoms. The van der Waals surface area contributed by atoms with Gasteiger partial charge in [-0.3, -0.25) is 0 Å². The molecule has 0 aromatic heterocycles. The minimum absolute atomic E-state index is 0.607. The highest BCUT2D eigenvalue weighted by atomic mass is 16.5. The van der Waals surface area contributed by atoms with Gasteiger partial charge in [0.25, 0.3) is 0 Å². The van der Waals surface area contributed by atoms with Crippen molar-refractivity contribution >= 4 is 5.69 Å². The Kier molecular flexibility index (Phi) is 8.58. The van der Waals surface area contributed by atoms with E-state index in [-0.39, 0.29) is 0 Å². The molecule has 0 fully saturated rings. The quantitative estimate of drug-likeness (QED) is 0.632. The largest absolute Gasteiger partial charge is 0.490 e. The van der Waals surface area contributed by atoms with Crippen LogP contribution in [0.4, 0.5) is 5.69 Å². The highest BCUT2D eigenvalue weighted by molar-refractivity contribution is 5.54. The van der Waals surface area contributed by atoms with Gasteiger partial charge in [0.15, 0.2) is 11.5 Å². The Morgan fingerprint density at radius 3 is 2.00 bits per heavy atom. The molecule has 0 amide bonds. The Bertz CT molecular complexity index is 371. The number of hydrogen-bond donors (Lipinski definition) is 1. The van der Waals surface area contributed by atoms with Crippen LogP contribution in [0.25, 0.3) is 0 Å². The zero-order chi connectivity index (χ0) is 14.6. The maximum atomic E-state index is 5.76. The number of anilines is 1. The fourth-order valence-electron chi connectivity index (χ4n) is 1.67. The molecule has 0 bridgehead atoms. The summed E-state index contributed by atoms with van der Waals surface area (Å²) in [5.74, 6) is 1.52. The summed E-state index contributed by atoms with van der Waals surface area (Å²) in [5, 5.41) is 3.09. The lowest BCUT2D eigenvalue weighted by Gasteiger charge is -2.14. The van der Waals surface area contributed by atoms with Crippen molar-refractivity contribution < 1.29 is 18.9 Å². The second kappa shape index (κ2) is 10.3. The average molecular weight is 283 g/mol. The molecule has 0 aliphatic heterocycles. The number of benzene rings is 1. The van der Waals surface area contributed by atoms with Crippen molar-refractivity contribution in [2.24, 2.45) is 0 Å². The first-order valence-corrected chi connectivity index (χ1v) is 6.87. The second-order valence-electron chi connectivity index (χ2n) is 4.30. The third kappa shape index (κ3) is 6.12. The van der Waals surface area contributed by atoms with Gasteiger partial charge in [0.05, 0.1) is 13.2 Å². The minimum Gasteiger partial charge on any atom is -0.490 e. The van der Waals surface area contributed by atoms with Gasteiger partial charge in [-0.2, -0.15) is 0 Å². The lowest BCUT2D eigenvalue weighted by Crippen LogP contribution is -2.06. The molecule has 0 unspecified atom stereocenters. The lowest BCUT2D eigenvalue weighted by atomic mass is 10.2. The van der Waals surface area contributed by atoms with Gasteiger partial charge in [-0.05, 0) is 12.1 Å². The van der Waals surface area contributed by atoms with E-state index in [1.54, 1.807) is 14.2 Å². The molecule has 0 saturated heterocycles. The predicted octanol–water partition coefficient (Wildman–Crippen LogP) is 2.56. The van der Waals surface area contributed by atoms with Crippen molar-refractivity contribution in [3.8, 4) is 11.5 Å². The summed E-state index contributed by atoms with van der Waals surface area (Å²) in [6, 6.07) is 5.83. The monoisotopic (exact) mass is 283 g/mol. The molecule has 5 heteroatoms. The van der Waals surface area contributed by atoms with Crippen molar-refractivity contribution in [1.82, 2.24) is 0 Å². The van der Waals surface area contributed by atoms with Gasteiger partial charge in [0.1, 0.15) is 0 Å². The second-order valence-corrected chi connectivity index (χ2v) is 4.30. The molecule has 1 aromatic carbocycles. The molecule has 1 rings (SSSR count). The summed E-state index contributed by atoms with van der Waals surface area (Å²) in [6.07, 6.45) is 1.71. The maximum absolute atomic E-state index is 5.76. The van der Waals surface area contributed by atoms with Gasteiger partial charge in [0.2, 0.25) is 0 Å². The van der Waals surface area contributed by atoms with Crippen molar-refractivity contribution in [3.05, 3.63) is 18.2 Å². The summed E-state index contributed by atoms with van der Waals surface area (Å²) in [4.78, 5) is 0. The zero-order valence-electron chi connectivity index (χ0n) is 12.6. The summed E-state index contributed by atoms with van der Waals surface area (Å²) in [7, 11) is 5.25. The van der Waals surface area contributed by atoms with E-state index in [0.29, 0.717) is 26.4 Å². The minimum atomic E-state index is 0.607. The van der Waals surface area contributed by atoms with Crippen LogP contribution in [-0.2, 0) is 9.47 Å². The highest BCUT2D eigenvalue weighted by Gasteiger charge is 2.06. The molecular formula is C15H25NO4. The Balaban J connectivity index is 2.56. The molecule has 0 atom stereocenters. The molecule has 0 aliphatic carbocycles. The first-order valence-electron chi connectivity index (χ1n) is 6.87. The van der Waals surface area contributed by atoms with Crippen LogP contribution >= 0.6 is 0 Å². The predicted molar refractivity (Wildman–Crippen MR) is 80.0 cm³/mol. The van der Waals surface area contributed by atoms with Crippen LogP contribution in [0.3, 0.4) is 0 Å². The molecule has 114 valence electrons. The van der Waals surface area contributed by atoms with Crippen LogP contribution in [-0.4, -0.2) is 47.7 Å². The number of ether oxygens (including phenoxy) is 4.